The van der Waals surface area contributed by atoms with Gasteiger partial charge in [-0.3, -0.25) is 4.79 Å². The fourth-order valence-corrected chi connectivity index (χ4v) is 2.09. The van der Waals surface area contributed by atoms with Gasteiger partial charge >= 0.3 is 0 Å². The standard InChI is InChI=1S/C18H19N3O/c1-14-3-2-4-16(11-14)13-21-18(22)9-10-20-17-7-5-15(12-19)6-8-17/h2-8,11,20H,9-10,13H2,1H3,(H,21,22). The number of hydrogen-bond acceptors (Lipinski definition) is 3. The molecule has 0 saturated heterocycles. The maximum Gasteiger partial charge on any atom is 0.222 e. The molecule has 0 bridgehead atoms. The number of amides is 1. The van der Waals surface area contributed by atoms with Gasteiger partial charge < -0.3 is 10.6 Å². The van der Waals surface area contributed by atoms with Gasteiger partial charge in [-0.25, -0.2) is 0 Å². The summed E-state index contributed by atoms with van der Waals surface area (Å²) in [7, 11) is 0. The van der Waals surface area contributed by atoms with Crippen LogP contribution in [0, 0.1) is 18.3 Å². The zero-order valence-corrected chi connectivity index (χ0v) is 12.6. The molecule has 4 nitrogen and oxygen atoms in total. The van der Waals surface area contributed by atoms with Gasteiger partial charge in [0.25, 0.3) is 0 Å². The highest BCUT2D eigenvalue weighted by Crippen LogP contribution is 2.08. The van der Waals surface area contributed by atoms with Gasteiger partial charge in [0.15, 0.2) is 0 Å². The molecule has 0 atom stereocenters. The molecule has 112 valence electrons. The molecule has 0 heterocycles. The second-order valence-electron chi connectivity index (χ2n) is 5.13. The number of nitrogens with zero attached hydrogens (tertiary/aromatic N) is 1. The summed E-state index contributed by atoms with van der Waals surface area (Å²) >= 11 is 0. The van der Waals surface area contributed by atoms with E-state index in [1.165, 1.54) is 5.56 Å². The Morgan fingerprint density at radius 1 is 1.18 bits per heavy atom. The zero-order valence-electron chi connectivity index (χ0n) is 12.6. The summed E-state index contributed by atoms with van der Waals surface area (Å²) in [6.07, 6.45) is 0.409. The topological polar surface area (TPSA) is 64.9 Å². The van der Waals surface area contributed by atoms with E-state index in [4.69, 9.17) is 5.26 Å². The van der Waals surface area contributed by atoms with Gasteiger partial charge in [-0.05, 0) is 36.8 Å². The number of nitrogens with one attached hydrogen (secondary N) is 2. The molecule has 22 heavy (non-hydrogen) atoms. The van der Waals surface area contributed by atoms with Crippen LogP contribution in [0.15, 0.2) is 48.5 Å². The van der Waals surface area contributed by atoms with Crippen LogP contribution in [0.5, 0.6) is 0 Å². The third kappa shape index (κ3) is 4.95. The average molecular weight is 293 g/mol. The number of rotatable bonds is 6. The minimum Gasteiger partial charge on any atom is -0.385 e. The molecule has 0 aliphatic carbocycles. The summed E-state index contributed by atoms with van der Waals surface area (Å²) in [5, 5.41) is 14.8. The van der Waals surface area contributed by atoms with Crippen molar-refractivity contribution in [3.8, 4) is 6.07 Å². The van der Waals surface area contributed by atoms with Gasteiger partial charge in [0, 0.05) is 25.2 Å². The summed E-state index contributed by atoms with van der Waals surface area (Å²) in [6.45, 7) is 3.15. The van der Waals surface area contributed by atoms with Gasteiger partial charge in [0.2, 0.25) is 5.91 Å². The van der Waals surface area contributed by atoms with Crippen molar-refractivity contribution in [1.82, 2.24) is 5.32 Å². The van der Waals surface area contributed by atoms with Crippen LogP contribution in [0.4, 0.5) is 5.69 Å². The minimum absolute atomic E-state index is 0.0163. The third-order valence-electron chi connectivity index (χ3n) is 3.27. The van der Waals surface area contributed by atoms with Gasteiger partial charge in [-0.2, -0.15) is 5.26 Å². The summed E-state index contributed by atoms with van der Waals surface area (Å²) in [4.78, 5) is 11.8. The molecule has 0 radical (unpaired) electrons. The molecule has 4 heteroatoms. The first kappa shape index (κ1) is 15.6. The Hall–Kier alpha value is -2.80. The highest BCUT2D eigenvalue weighted by molar-refractivity contribution is 5.76. The third-order valence-corrected chi connectivity index (χ3v) is 3.27. The lowest BCUT2D eigenvalue weighted by atomic mass is 10.1. The molecule has 1 amide bonds. The summed E-state index contributed by atoms with van der Waals surface area (Å²) in [6, 6.07) is 17.3. The normalized spacial score (nSPS) is 9.82. The smallest absolute Gasteiger partial charge is 0.222 e. The van der Waals surface area contributed by atoms with Crippen LogP contribution in [-0.2, 0) is 11.3 Å². The van der Waals surface area contributed by atoms with Gasteiger partial charge in [0.05, 0.1) is 11.6 Å². The van der Waals surface area contributed by atoms with E-state index in [0.29, 0.717) is 25.1 Å². The molecule has 0 fully saturated rings. The Kier molecular flexibility index (Phi) is 5.56. The van der Waals surface area contributed by atoms with E-state index >= 15 is 0 Å². The largest absolute Gasteiger partial charge is 0.385 e. The molecule has 2 rings (SSSR count). The van der Waals surface area contributed by atoms with E-state index in [-0.39, 0.29) is 5.91 Å². The monoisotopic (exact) mass is 293 g/mol. The molecule has 0 unspecified atom stereocenters. The van der Waals surface area contributed by atoms with E-state index < -0.39 is 0 Å². The number of benzene rings is 2. The Morgan fingerprint density at radius 3 is 2.64 bits per heavy atom. The minimum atomic E-state index is 0.0163. The Morgan fingerprint density at radius 2 is 1.95 bits per heavy atom. The first-order valence-corrected chi connectivity index (χ1v) is 7.23. The maximum absolute atomic E-state index is 11.8. The molecule has 0 spiro atoms. The highest BCUT2D eigenvalue weighted by Gasteiger charge is 2.01. The second kappa shape index (κ2) is 7.84. The van der Waals surface area contributed by atoms with Crippen molar-refractivity contribution in [3.63, 3.8) is 0 Å². The van der Waals surface area contributed by atoms with Gasteiger partial charge in [0.1, 0.15) is 0 Å². The summed E-state index contributed by atoms with van der Waals surface area (Å²) < 4.78 is 0. The Bertz CT molecular complexity index is 671. The van der Waals surface area contributed by atoms with Crippen molar-refractivity contribution in [1.29, 1.82) is 5.26 Å². The molecule has 0 aliphatic heterocycles. The summed E-state index contributed by atoms with van der Waals surface area (Å²) in [5.74, 6) is 0.0163. The van der Waals surface area contributed by atoms with Crippen LogP contribution in [0.2, 0.25) is 0 Å². The maximum atomic E-state index is 11.8. The SMILES string of the molecule is Cc1cccc(CNC(=O)CCNc2ccc(C#N)cc2)c1. The molecular formula is C18H19N3O. The summed E-state index contributed by atoms with van der Waals surface area (Å²) in [5.41, 5.74) is 3.83. The Balaban J connectivity index is 1.70. The molecule has 2 aromatic carbocycles. The van der Waals surface area contributed by atoms with Crippen LogP contribution in [-0.4, -0.2) is 12.5 Å². The van der Waals surface area contributed by atoms with E-state index in [1.54, 1.807) is 12.1 Å². The van der Waals surface area contributed by atoms with Crippen LogP contribution in [0.3, 0.4) is 0 Å². The predicted octanol–water partition coefficient (Wildman–Crippen LogP) is 2.99. The molecule has 0 aromatic heterocycles. The van der Waals surface area contributed by atoms with Crippen molar-refractivity contribution < 1.29 is 4.79 Å². The van der Waals surface area contributed by atoms with E-state index in [9.17, 15) is 4.79 Å². The van der Waals surface area contributed by atoms with Crippen LogP contribution in [0.1, 0.15) is 23.1 Å². The molecular weight excluding hydrogens is 274 g/mol. The highest BCUT2D eigenvalue weighted by atomic mass is 16.1. The van der Waals surface area contributed by atoms with Crippen molar-refractivity contribution in [2.75, 3.05) is 11.9 Å². The van der Waals surface area contributed by atoms with Crippen LogP contribution >= 0.6 is 0 Å². The molecule has 0 aliphatic rings. The number of nitriles is 1. The molecule has 2 aromatic rings. The number of aryl methyl sites for hydroxylation is 1. The number of hydrogen-bond donors (Lipinski definition) is 2. The van der Waals surface area contributed by atoms with E-state index in [2.05, 4.69) is 22.8 Å². The van der Waals surface area contributed by atoms with Crippen molar-refractivity contribution in [2.24, 2.45) is 0 Å². The van der Waals surface area contributed by atoms with Gasteiger partial charge in [-0.15, -0.1) is 0 Å². The number of carbonyl (C=O) groups is 1. The number of anilines is 1. The van der Waals surface area contributed by atoms with E-state index in [1.807, 2.05) is 37.3 Å². The van der Waals surface area contributed by atoms with Crippen molar-refractivity contribution >= 4 is 11.6 Å². The van der Waals surface area contributed by atoms with Crippen LogP contribution < -0.4 is 10.6 Å². The zero-order chi connectivity index (χ0) is 15.8. The first-order valence-electron chi connectivity index (χ1n) is 7.23. The predicted molar refractivity (Wildman–Crippen MR) is 87.3 cm³/mol. The fraction of sp³-hybridized carbons (Fsp3) is 0.222. The van der Waals surface area contributed by atoms with Crippen LogP contribution in [0.25, 0.3) is 0 Å². The lowest BCUT2D eigenvalue weighted by molar-refractivity contribution is -0.121. The molecule has 2 N–H and O–H groups in total. The molecule has 0 saturated carbocycles. The second-order valence-corrected chi connectivity index (χ2v) is 5.13. The Labute approximate surface area is 130 Å². The fourth-order valence-electron chi connectivity index (χ4n) is 2.09. The average Bonchev–Trinajstić information content (AvgIpc) is 2.54. The lowest BCUT2D eigenvalue weighted by Crippen LogP contribution is -2.24. The quantitative estimate of drug-likeness (QED) is 0.860. The number of carbonyl (C=O) groups excluding carboxylic acids is 1. The lowest BCUT2D eigenvalue weighted by Gasteiger charge is -2.08. The van der Waals surface area contributed by atoms with Gasteiger partial charge in [-0.1, -0.05) is 29.8 Å². The van der Waals surface area contributed by atoms with E-state index in [0.717, 1.165) is 11.3 Å². The van der Waals surface area contributed by atoms with Crippen molar-refractivity contribution in [3.05, 3.63) is 65.2 Å². The first-order chi connectivity index (χ1) is 10.7. The van der Waals surface area contributed by atoms with Crippen molar-refractivity contribution in [2.45, 2.75) is 19.9 Å².